The van der Waals surface area contributed by atoms with Gasteiger partial charge in [-0.15, -0.1) is 0 Å². The van der Waals surface area contributed by atoms with Crippen LogP contribution < -0.4 is 15.8 Å². The Morgan fingerprint density at radius 1 is 1.22 bits per heavy atom. The van der Waals surface area contributed by atoms with Crippen molar-refractivity contribution in [1.29, 1.82) is 0 Å². The first-order valence-corrected chi connectivity index (χ1v) is 8.75. The number of amides is 1. The van der Waals surface area contributed by atoms with Crippen molar-refractivity contribution in [3.8, 4) is 11.5 Å². The Morgan fingerprint density at radius 2 is 1.89 bits per heavy atom. The van der Waals surface area contributed by atoms with E-state index in [1.165, 1.54) is 19.1 Å². The summed E-state index contributed by atoms with van der Waals surface area (Å²) in [5, 5.41) is 2.80. The normalized spacial score (nSPS) is 13.2. The lowest BCUT2D eigenvalue weighted by molar-refractivity contribution is -0.117. The predicted molar refractivity (Wildman–Crippen MR) is 106 cm³/mol. The van der Waals surface area contributed by atoms with E-state index in [1.54, 1.807) is 6.92 Å². The van der Waals surface area contributed by atoms with Crippen LogP contribution in [0.1, 0.15) is 25.0 Å². The molecule has 27 heavy (non-hydrogen) atoms. The third-order valence-corrected chi connectivity index (χ3v) is 3.77. The van der Waals surface area contributed by atoms with Gasteiger partial charge < -0.3 is 15.8 Å². The first-order valence-electron chi connectivity index (χ1n) is 8.75. The monoisotopic (exact) mass is 368 g/mol. The molecule has 3 N–H and O–H groups in total. The summed E-state index contributed by atoms with van der Waals surface area (Å²) >= 11 is 0. The topological polar surface area (TPSA) is 64.4 Å². The summed E-state index contributed by atoms with van der Waals surface area (Å²) in [5.74, 6) is 1.09. The van der Waals surface area contributed by atoms with Gasteiger partial charge in [0.05, 0.1) is 5.57 Å². The van der Waals surface area contributed by atoms with E-state index in [1.807, 2.05) is 55.5 Å². The summed E-state index contributed by atoms with van der Waals surface area (Å²) in [6.07, 6.45) is 1.55. The number of ether oxygens (including phenoxy) is 1. The molecular formula is C22H25FN2O2. The van der Waals surface area contributed by atoms with Crippen molar-refractivity contribution in [3.05, 3.63) is 83.1 Å². The van der Waals surface area contributed by atoms with Crippen LogP contribution in [0.4, 0.5) is 4.39 Å². The van der Waals surface area contributed by atoms with Crippen LogP contribution in [-0.4, -0.2) is 12.1 Å². The maximum atomic E-state index is 13.0. The molecule has 0 spiro atoms. The molecule has 1 unspecified atom stereocenters. The van der Waals surface area contributed by atoms with Gasteiger partial charge in [0.15, 0.2) is 0 Å². The van der Waals surface area contributed by atoms with Gasteiger partial charge in [-0.25, -0.2) is 4.39 Å². The van der Waals surface area contributed by atoms with E-state index in [2.05, 4.69) is 5.32 Å². The van der Waals surface area contributed by atoms with E-state index in [4.69, 9.17) is 10.5 Å². The number of halogens is 1. The van der Waals surface area contributed by atoms with E-state index >= 15 is 0 Å². The van der Waals surface area contributed by atoms with Gasteiger partial charge in [0, 0.05) is 12.2 Å². The summed E-state index contributed by atoms with van der Waals surface area (Å²) in [5.41, 5.74) is 8.32. The van der Waals surface area contributed by atoms with Crippen LogP contribution in [-0.2, 0) is 11.3 Å². The minimum absolute atomic E-state index is 0.256. The number of hydrogen-bond acceptors (Lipinski definition) is 3. The van der Waals surface area contributed by atoms with Crippen LogP contribution in [0.5, 0.6) is 11.5 Å². The van der Waals surface area contributed by atoms with E-state index < -0.39 is 6.17 Å². The Morgan fingerprint density at radius 3 is 2.52 bits per heavy atom. The lowest BCUT2D eigenvalue weighted by Gasteiger charge is -2.10. The van der Waals surface area contributed by atoms with E-state index in [0.717, 1.165) is 16.9 Å². The molecule has 0 aromatic heterocycles. The molecule has 0 saturated heterocycles. The Labute approximate surface area is 159 Å². The number of allylic oxidation sites excluding steroid dienone is 2. The van der Waals surface area contributed by atoms with Crippen LogP contribution in [0.15, 0.2) is 72.0 Å². The van der Waals surface area contributed by atoms with Gasteiger partial charge in [-0.1, -0.05) is 30.3 Å². The van der Waals surface area contributed by atoms with Crippen molar-refractivity contribution in [2.24, 2.45) is 5.73 Å². The van der Waals surface area contributed by atoms with Crippen LogP contribution in [0.2, 0.25) is 0 Å². The first kappa shape index (κ1) is 20.2. The van der Waals surface area contributed by atoms with Gasteiger partial charge in [0.25, 0.3) is 5.91 Å². The Balaban J connectivity index is 2.03. The maximum Gasteiger partial charge on any atom is 0.253 e. The number of carbonyl (C=O) groups excluding carboxylic acids is 1. The lowest BCUT2D eigenvalue weighted by Crippen LogP contribution is -2.25. The van der Waals surface area contributed by atoms with Crippen molar-refractivity contribution in [3.63, 3.8) is 0 Å². The van der Waals surface area contributed by atoms with Crippen molar-refractivity contribution in [1.82, 2.24) is 5.32 Å². The minimum atomic E-state index is -1.15. The smallest absolute Gasteiger partial charge is 0.253 e. The van der Waals surface area contributed by atoms with Crippen molar-refractivity contribution < 1.29 is 13.9 Å². The molecule has 1 amide bonds. The molecule has 0 radical (unpaired) electrons. The van der Waals surface area contributed by atoms with Gasteiger partial charge in [-0.2, -0.15) is 0 Å². The first-order chi connectivity index (χ1) is 12.8. The molecule has 2 rings (SSSR count). The van der Waals surface area contributed by atoms with Crippen molar-refractivity contribution in [2.45, 2.75) is 33.5 Å². The number of nitrogens with one attached hydrogen (secondary N) is 1. The summed E-state index contributed by atoms with van der Waals surface area (Å²) in [6, 6.07) is 15.2. The van der Waals surface area contributed by atoms with Crippen molar-refractivity contribution in [2.75, 3.05) is 0 Å². The zero-order valence-corrected chi connectivity index (χ0v) is 15.8. The second-order valence-electron chi connectivity index (χ2n) is 6.38. The maximum absolute atomic E-state index is 13.0. The summed E-state index contributed by atoms with van der Waals surface area (Å²) in [4.78, 5) is 12.3. The third kappa shape index (κ3) is 6.62. The molecule has 4 nitrogen and oxygen atoms in total. The molecule has 2 aromatic carbocycles. The summed E-state index contributed by atoms with van der Waals surface area (Å²) < 4.78 is 18.9. The van der Waals surface area contributed by atoms with Gasteiger partial charge in [0.1, 0.15) is 17.7 Å². The number of aryl methyl sites for hydroxylation is 1. The number of nitrogens with two attached hydrogens (primary N) is 1. The molecule has 0 heterocycles. The third-order valence-electron chi connectivity index (χ3n) is 3.77. The Bertz CT molecular complexity index is 853. The predicted octanol–water partition coefficient (Wildman–Crippen LogP) is 4.55. The average Bonchev–Trinajstić information content (AvgIpc) is 2.60. The summed E-state index contributed by atoms with van der Waals surface area (Å²) in [6.45, 7) is 5.30. The number of hydrogen-bond donors (Lipinski definition) is 2. The zero-order chi connectivity index (χ0) is 19.8. The number of carbonyl (C=O) groups is 1. The highest BCUT2D eigenvalue weighted by Crippen LogP contribution is 2.23. The highest BCUT2D eigenvalue weighted by Gasteiger charge is 2.09. The fourth-order valence-electron chi connectivity index (χ4n) is 2.43. The van der Waals surface area contributed by atoms with Crippen LogP contribution in [0.3, 0.4) is 0 Å². The van der Waals surface area contributed by atoms with Crippen LogP contribution in [0.25, 0.3) is 0 Å². The second-order valence-corrected chi connectivity index (χ2v) is 6.38. The molecular weight excluding hydrogens is 343 g/mol. The molecule has 0 bridgehead atoms. The number of benzene rings is 2. The SMILES string of the molecule is C/C(N)=C(\C=C/C(C)F)C(=O)NCc1cccc(Oc2cccc(C)c2)c1. The lowest BCUT2D eigenvalue weighted by atomic mass is 10.1. The second kappa shape index (κ2) is 9.57. The highest BCUT2D eigenvalue weighted by atomic mass is 19.1. The molecule has 0 aliphatic heterocycles. The Hall–Kier alpha value is -3.08. The average molecular weight is 368 g/mol. The van der Waals surface area contributed by atoms with E-state index in [0.29, 0.717) is 18.0 Å². The molecule has 1 atom stereocenters. The number of alkyl halides is 1. The van der Waals surface area contributed by atoms with Crippen molar-refractivity contribution >= 4 is 5.91 Å². The van der Waals surface area contributed by atoms with Gasteiger partial charge in [-0.05, 0) is 62.2 Å². The molecule has 0 aliphatic rings. The molecule has 2 aromatic rings. The molecule has 5 heteroatoms. The molecule has 0 fully saturated rings. The molecule has 0 aliphatic carbocycles. The quantitative estimate of drug-likeness (QED) is 0.557. The standard InChI is InChI=1S/C22H25FN2O2/c1-15-6-4-8-19(12-15)27-20-9-5-7-18(13-20)14-25-22(26)21(17(3)24)11-10-16(2)23/h4-13,16H,14,24H2,1-3H3,(H,25,26)/b11-10-,21-17-. The van der Waals surface area contributed by atoms with Crippen LogP contribution >= 0.6 is 0 Å². The highest BCUT2D eigenvalue weighted by molar-refractivity contribution is 5.96. The zero-order valence-electron chi connectivity index (χ0n) is 15.8. The Kier molecular flexibility index (Phi) is 7.17. The fourth-order valence-corrected chi connectivity index (χ4v) is 2.43. The molecule has 142 valence electrons. The van der Waals surface area contributed by atoms with E-state index in [9.17, 15) is 9.18 Å². The largest absolute Gasteiger partial charge is 0.457 e. The van der Waals surface area contributed by atoms with Crippen LogP contribution in [0, 0.1) is 6.92 Å². The van der Waals surface area contributed by atoms with Gasteiger partial charge in [-0.3, -0.25) is 4.79 Å². The molecule has 0 saturated carbocycles. The number of rotatable bonds is 7. The summed E-state index contributed by atoms with van der Waals surface area (Å²) in [7, 11) is 0. The van der Waals surface area contributed by atoms with Gasteiger partial charge in [0.2, 0.25) is 0 Å². The van der Waals surface area contributed by atoms with Gasteiger partial charge >= 0.3 is 0 Å². The van der Waals surface area contributed by atoms with E-state index in [-0.39, 0.29) is 11.5 Å². The minimum Gasteiger partial charge on any atom is -0.457 e. The fraction of sp³-hybridized carbons (Fsp3) is 0.227.